The van der Waals surface area contributed by atoms with Crippen molar-refractivity contribution in [3.63, 3.8) is 0 Å². The zero-order chi connectivity index (χ0) is 22.2. The Labute approximate surface area is 180 Å². The third-order valence-electron chi connectivity index (χ3n) is 4.94. The molecule has 5 nitrogen and oxygen atoms in total. The zero-order valence-corrected chi connectivity index (χ0v) is 17.3. The molecule has 31 heavy (non-hydrogen) atoms. The fourth-order valence-corrected chi connectivity index (χ4v) is 3.32. The van der Waals surface area contributed by atoms with E-state index in [0.717, 1.165) is 11.1 Å². The third-order valence-corrected chi connectivity index (χ3v) is 4.94. The van der Waals surface area contributed by atoms with Gasteiger partial charge in [0, 0.05) is 23.7 Å². The van der Waals surface area contributed by atoms with Gasteiger partial charge in [-0.2, -0.15) is 0 Å². The SMILES string of the molecule is COc1ccc(Cn2cc(F)c(C=Cc3ccccc3)c(CCCC(=O)O)c2=O)cc1. The van der Waals surface area contributed by atoms with Gasteiger partial charge in [0.05, 0.1) is 13.7 Å². The van der Waals surface area contributed by atoms with Crippen molar-refractivity contribution in [3.05, 3.63) is 99.2 Å². The van der Waals surface area contributed by atoms with Crippen LogP contribution in [0.2, 0.25) is 0 Å². The molecule has 0 amide bonds. The standard InChI is InChI=1S/C25H24FNO4/c1-31-20-13-10-19(11-14-20)16-27-17-23(26)21(15-12-18-6-3-2-4-7-18)22(25(27)30)8-5-9-24(28)29/h2-4,6-7,10-15,17H,5,8-9,16H2,1H3,(H,28,29). The molecule has 0 saturated carbocycles. The minimum atomic E-state index is -0.948. The van der Waals surface area contributed by atoms with Crippen LogP contribution >= 0.6 is 0 Å². The van der Waals surface area contributed by atoms with Gasteiger partial charge in [-0.25, -0.2) is 4.39 Å². The predicted octanol–water partition coefficient (Wildman–Crippen LogP) is 4.62. The van der Waals surface area contributed by atoms with Gasteiger partial charge in [0.15, 0.2) is 0 Å². The van der Waals surface area contributed by atoms with Crippen LogP contribution in [0, 0.1) is 5.82 Å². The Bertz CT molecular complexity index is 1120. The summed E-state index contributed by atoms with van der Waals surface area (Å²) in [6, 6.07) is 16.6. The number of aromatic nitrogens is 1. The fraction of sp³-hybridized carbons (Fsp3) is 0.200. The second-order valence-electron chi connectivity index (χ2n) is 7.14. The van der Waals surface area contributed by atoms with Gasteiger partial charge in [0.2, 0.25) is 0 Å². The molecule has 0 bridgehead atoms. The van der Waals surface area contributed by atoms with E-state index in [1.807, 2.05) is 42.5 Å². The predicted molar refractivity (Wildman–Crippen MR) is 119 cm³/mol. The van der Waals surface area contributed by atoms with Crippen LogP contribution in [0.4, 0.5) is 4.39 Å². The lowest BCUT2D eigenvalue weighted by molar-refractivity contribution is -0.137. The smallest absolute Gasteiger partial charge is 0.303 e. The molecule has 1 N–H and O–H groups in total. The van der Waals surface area contributed by atoms with Crippen LogP contribution < -0.4 is 10.3 Å². The van der Waals surface area contributed by atoms with Crippen molar-refractivity contribution >= 4 is 18.1 Å². The first kappa shape index (κ1) is 22.0. The number of methoxy groups -OCH3 is 1. The first-order valence-electron chi connectivity index (χ1n) is 9.97. The monoisotopic (exact) mass is 421 g/mol. The van der Waals surface area contributed by atoms with Gasteiger partial charge in [-0.05, 0) is 36.1 Å². The number of hydrogen-bond donors (Lipinski definition) is 1. The highest BCUT2D eigenvalue weighted by Gasteiger charge is 2.15. The van der Waals surface area contributed by atoms with Crippen LogP contribution in [-0.2, 0) is 17.8 Å². The molecule has 6 heteroatoms. The quantitative estimate of drug-likeness (QED) is 0.547. The van der Waals surface area contributed by atoms with E-state index < -0.39 is 11.8 Å². The molecular weight excluding hydrogens is 397 g/mol. The van der Waals surface area contributed by atoms with Crippen LogP contribution in [-0.4, -0.2) is 22.8 Å². The number of aliphatic carboxylic acids is 1. The number of carbonyl (C=O) groups is 1. The molecule has 0 radical (unpaired) electrons. The number of carboxylic acids is 1. The molecule has 0 unspecified atom stereocenters. The zero-order valence-electron chi connectivity index (χ0n) is 17.3. The van der Waals surface area contributed by atoms with E-state index in [-0.39, 0.29) is 42.5 Å². The molecule has 1 heterocycles. The second-order valence-corrected chi connectivity index (χ2v) is 7.14. The van der Waals surface area contributed by atoms with Gasteiger partial charge in [-0.3, -0.25) is 9.59 Å². The van der Waals surface area contributed by atoms with Crippen molar-refractivity contribution in [3.8, 4) is 5.75 Å². The number of halogens is 1. The maximum absolute atomic E-state index is 15.1. The first-order valence-corrected chi connectivity index (χ1v) is 9.97. The summed E-state index contributed by atoms with van der Waals surface area (Å²) in [4.78, 5) is 24.1. The van der Waals surface area contributed by atoms with Gasteiger partial charge in [0.25, 0.3) is 5.56 Å². The van der Waals surface area contributed by atoms with Crippen LogP contribution in [0.1, 0.15) is 35.1 Å². The summed E-state index contributed by atoms with van der Waals surface area (Å²) in [6.07, 6.45) is 4.88. The number of nitrogens with zero attached hydrogens (tertiary/aromatic N) is 1. The Morgan fingerprint density at radius 2 is 1.81 bits per heavy atom. The number of pyridine rings is 1. The second kappa shape index (κ2) is 10.4. The average Bonchev–Trinajstić information content (AvgIpc) is 2.77. The highest BCUT2D eigenvalue weighted by Crippen LogP contribution is 2.18. The van der Waals surface area contributed by atoms with E-state index in [1.54, 1.807) is 31.4 Å². The summed E-state index contributed by atoms with van der Waals surface area (Å²) in [7, 11) is 1.57. The van der Waals surface area contributed by atoms with E-state index in [9.17, 15) is 9.59 Å². The molecule has 0 aliphatic heterocycles. The molecule has 3 aromatic rings. The maximum Gasteiger partial charge on any atom is 0.303 e. The summed E-state index contributed by atoms with van der Waals surface area (Å²) in [6.45, 7) is 0.203. The van der Waals surface area contributed by atoms with Gasteiger partial charge in [-0.15, -0.1) is 0 Å². The van der Waals surface area contributed by atoms with Crippen molar-refractivity contribution in [2.45, 2.75) is 25.8 Å². The number of carboxylic acid groups (broad SMARTS) is 1. The van der Waals surface area contributed by atoms with E-state index in [2.05, 4.69) is 0 Å². The van der Waals surface area contributed by atoms with Crippen LogP contribution in [0.15, 0.2) is 65.6 Å². The van der Waals surface area contributed by atoms with E-state index in [1.165, 1.54) is 10.8 Å². The normalized spacial score (nSPS) is 11.0. The van der Waals surface area contributed by atoms with Gasteiger partial charge in [0.1, 0.15) is 11.6 Å². The third kappa shape index (κ3) is 5.92. The molecule has 1 aromatic heterocycles. The number of benzene rings is 2. The number of ether oxygens (including phenoxy) is 1. The van der Waals surface area contributed by atoms with Crippen molar-refractivity contribution in [2.75, 3.05) is 7.11 Å². The largest absolute Gasteiger partial charge is 0.497 e. The first-order chi connectivity index (χ1) is 15.0. The molecule has 0 saturated heterocycles. The Kier molecular flexibility index (Phi) is 7.38. The van der Waals surface area contributed by atoms with E-state index in [0.29, 0.717) is 5.75 Å². The van der Waals surface area contributed by atoms with Crippen molar-refractivity contribution < 1.29 is 19.0 Å². The van der Waals surface area contributed by atoms with Crippen LogP contribution in [0.5, 0.6) is 5.75 Å². The van der Waals surface area contributed by atoms with Crippen molar-refractivity contribution in [2.24, 2.45) is 0 Å². The highest BCUT2D eigenvalue weighted by atomic mass is 19.1. The average molecular weight is 421 g/mol. The summed E-state index contributed by atoms with van der Waals surface area (Å²) in [5.74, 6) is -0.778. The van der Waals surface area contributed by atoms with Crippen molar-refractivity contribution in [1.82, 2.24) is 4.57 Å². The Morgan fingerprint density at radius 1 is 1.10 bits per heavy atom. The number of hydrogen-bond acceptors (Lipinski definition) is 3. The summed E-state index contributed by atoms with van der Waals surface area (Å²) in [5, 5.41) is 8.95. The molecule has 0 spiro atoms. The minimum absolute atomic E-state index is 0.0870. The van der Waals surface area contributed by atoms with E-state index >= 15 is 4.39 Å². The maximum atomic E-state index is 15.1. The van der Waals surface area contributed by atoms with Gasteiger partial charge in [-0.1, -0.05) is 54.6 Å². The van der Waals surface area contributed by atoms with Gasteiger partial charge >= 0.3 is 5.97 Å². The molecule has 0 aliphatic rings. The highest BCUT2D eigenvalue weighted by molar-refractivity contribution is 5.71. The molecular formula is C25H24FNO4. The molecule has 2 aromatic carbocycles. The summed E-state index contributed by atoms with van der Waals surface area (Å²) >= 11 is 0. The molecule has 0 aliphatic carbocycles. The lowest BCUT2D eigenvalue weighted by Gasteiger charge is -2.13. The topological polar surface area (TPSA) is 68.5 Å². The molecule has 3 rings (SSSR count). The lowest BCUT2D eigenvalue weighted by Crippen LogP contribution is -2.26. The minimum Gasteiger partial charge on any atom is -0.497 e. The Morgan fingerprint density at radius 3 is 2.45 bits per heavy atom. The van der Waals surface area contributed by atoms with E-state index in [4.69, 9.17) is 9.84 Å². The van der Waals surface area contributed by atoms with Crippen molar-refractivity contribution in [1.29, 1.82) is 0 Å². The van der Waals surface area contributed by atoms with Crippen LogP contribution in [0.3, 0.4) is 0 Å². The van der Waals surface area contributed by atoms with Crippen LogP contribution in [0.25, 0.3) is 12.2 Å². The summed E-state index contributed by atoms with van der Waals surface area (Å²) in [5.41, 5.74) is 1.86. The fourth-order valence-electron chi connectivity index (χ4n) is 3.32. The number of rotatable bonds is 9. The molecule has 160 valence electrons. The Balaban J connectivity index is 1.97. The summed E-state index contributed by atoms with van der Waals surface area (Å²) < 4.78 is 21.5. The molecule has 0 fully saturated rings. The van der Waals surface area contributed by atoms with Gasteiger partial charge < -0.3 is 14.4 Å². The molecule has 0 atom stereocenters. The lowest BCUT2D eigenvalue weighted by atomic mass is 10.0. The Hall–Kier alpha value is -3.67.